The largest absolute Gasteiger partial charge is 0.363 e. The first-order chi connectivity index (χ1) is 7.66. The van der Waals surface area contributed by atoms with Crippen molar-refractivity contribution in [3.05, 3.63) is 12.3 Å². The predicted octanol–water partition coefficient (Wildman–Crippen LogP) is 0.416. The molecule has 2 N–H and O–H groups in total. The molecule has 0 bridgehead atoms. The van der Waals surface area contributed by atoms with Crippen molar-refractivity contribution < 1.29 is 12.9 Å². The number of sulfonamides is 1. The van der Waals surface area contributed by atoms with Gasteiger partial charge >= 0.3 is 0 Å². The SMILES string of the molecule is O=S(=O)(CC1CCNCC1)Nc1ccon1. The van der Waals surface area contributed by atoms with Gasteiger partial charge in [-0.1, -0.05) is 5.16 Å². The molecule has 1 aromatic heterocycles. The number of anilines is 1. The average molecular weight is 245 g/mol. The molecule has 0 atom stereocenters. The number of piperidine rings is 1. The smallest absolute Gasteiger partial charge is 0.234 e. The molecule has 90 valence electrons. The molecule has 6 nitrogen and oxygen atoms in total. The van der Waals surface area contributed by atoms with Crippen LogP contribution in [-0.4, -0.2) is 32.4 Å². The Morgan fingerprint density at radius 2 is 2.25 bits per heavy atom. The molecule has 1 aromatic rings. The van der Waals surface area contributed by atoms with Gasteiger partial charge in [0.15, 0.2) is 5.82 Å². The van der Waals surface area contributed by atoms with Crippen LogP contribution in [0.4, 0.5) is 5.82 Å². The van der Waals surface area contributed by atoms with Crippen LogP contribution in [0.2, 0.25) is 0 Å². The van der Waals surface area contributed by atoms with Crippen LogP contribution < -0.4 is 10.0 Å². The van der Waals surface area contributed by atoms with Gasteiger partial charge in [0.1, 0.15) is 6.26 Å². The fourth-order valence-electron chi connectivity index (χ4n) is 1.82. The lowest BCUT2D eigenvalue weighted by Gasteiger charge is -2.22. The van der Waals surface area contributed by atoms with Gasteiger partial charge in [0, 0.05) is 6.07 Å². The summed E-state index contributed by atoms with van der Waals surface area (Å²) in [7, 11) is -3.30. The number of hydrogen-bond donors (Lipinski definition) is 2. The van der Waals surface area contributed by atoms with Crippen LogP contribution in [0.1, 0.15) is 12.8 Å². The average Bonchev–Trinajstić information content (AvgIpc) is 2.70. The highest BCUT2D eigenvalue weighted by Gasteiger charge is 2.21. The molecule has 0 unspecified atom stereocenters. The van der Waals surface area contributed by atoms with E-state index in [9.17, 15) is 8.42 Å². The number of rotatable bonds is 4. The molecule has 1 fully saturated rings. The van der Waals surface area contributed by atoms with Crippen LogP contribution in [0.15, 0.2) is 16.9 Å². The van der Waals surface area contributed by atoms with Crippen molar-refractivity contribution in [2.24, 2.45) is 5.92 Å². The third-order valence-electron chi connectivity index (χ3n) is 2.61. The quantitative estimate of drug-likeness (QED) is 0.803. The normalized spacial score (nSPS) is 18.5. The second-order valence-electron chi connectivity index (χ2n) is 3.96. The molecule has 7 heteroatoms. The van der Waals surface area contributed by atoms with E-state index in [1.165, 1.54) is 12.3 Å². The van der Waals surface area contributed by atoms with Gasteiger partial charge in [-0.2, -0.15) is 0 Å². The van der Waals surface area contributed by atoms with Crippen molar-refractivity contribution in [3.8, 4) is 0 Å². The molecule has 0 aromatic carbocycles. The van der Waals surface area contributed by atoms with Crippen LogP contribution in [0.5, 0.6) is 0 Å². The summed E-state index contributed by atoms with van der Waals surface area (Å²) in [6.45, 7) is 1.79. The molecule has 1 aliphatic heterocycles. The van der Waals surface area contributed by atoms with Crippen LogP contribution in [0, 0.1) is 5.92 Å². The maximum Gasteiger partial charge on any atom is 0.234 e. The first-order valence-electron chi connectivity index (χ1n) is 5.27. The van der Waals surface area contributed by atoms with E-state index in [0.717, 1.165) is 25.9 Å². The Bertz CT molecular complexity index is 409. The van der Waals surface area contributed by atoms with Crippen LogP contribution in [0.25, 0.3) is 0 Å². The summed E-state index contributed by atoms with van der Waals surface area (Å²) < 4.78 is 30.5. The van der Waals surface area contributed by atoms with Crippen LogP contribution in [-0.2, 0) is 10.0 Å². The summed E-state index contributed by atoms with van der Waals surface area (Å²) in [6.07, 6.45) is 3.14. The van der Waals surface area contributed by atoms with E-state index in [2.05, 4.69) is 19.7 Å². The summed E-state index contributed by atoms with van der Waals surface area (Å²) in [5, 5.41) is 6.72. The van der Waals surface area contributed by atoms with E-state index < -0.39 is 10.0 Å². The number of nitrogens with one attached hydrogen (secondary N) is 2. The first-order valence-corrected chi connectivity index (χ1v) is 6.92. The molecular weight excluding hydrogens is 230 g/mol. The van der Waals surface area contributed by atoms with Crippen molar-refractivity contribution in [3.63, 3.8) is 0 Å². The van der Waals surface area contributed by atoms with E-state index in [4.69, 9.17) is 0 Å². The molecule has 0 radical (unpaired) electrons. The highest BCUT2D eigenvalue weighted by atomic mass is 32.2. The fourth-order valence-corrected chi connectivity index (χ4v) is 3.29. The van der Waals surface area contributed by atoms with Crippen molar-refractivity contribution in [1.29, 1.82) is 0 Å². The molecule has 2 rings (SSSR count). The lowest BCUT2D eigenvalue weighted by molar-refractivity contribution is 0.401. The van der Waals surface area contributed by atoms with Gasteiger partial charge in [0.05, 0.1) is 5.75 Å². The predicted molar refractivity (Wildman–Crippen MR) is 59.5 cm³/mol. The van der Waals surface area contributed by atoms with Gasteiger partial charge in [0.25, 0.3) is 0 Å². The summed E-state index contributed by atoms with van der Waals surface area (Å²) in [6, 6.07) is 1.49. The summed E-state index contributed by atoms with van der Waals surface area (Å²) in [5.41, 5.74) is 0. The third-order valence-corrected chi connectivity index (χ3v) is 4.04. The Hall–Kier alpha value is -1.08. The Labute approximate surface area is 94.4 Å². The number of aromatic nitrogens is 1. The van der Waals surface area contributed by atoms with E-state index in [0.29, 0.717) is 0 Å². The Balaban J connectivity index is 1.92. The van der Waals surface area contributed by atoms with Gasteiger partial charge in [0.2, 0.25) is 10.0 Å². The van der Waals surface area contributed by atoms with Gasteiger partial charge < -0.3 is 9.84 Å². The lowest BCUT2D eigenvalue weighted by Crippen LogP contribution is -2.33. The summed E-state index contributed by atoms with van der Waals surface area (Å²) in [4.78, 5) is 0. The van der Waals surface area contributed by atoms with Crippen molar-refractivity contribution in [2.45, 2.75) is 12.8 Å². The summed E-state index contributed by atoms with van der Waals surface area (Å²) >= 11 is 0. The van der Waals surface area contributed by atoms with Crippen LogP contribution in [0.3, 0.4) is 0 Å². The molecule has 0 aliphatic carbocycles. The minimum atomic E-state index is -3.30. The molecule has 1 saturated heterocycles. The minimum absolute atomic E-state index is 0.154. The first kappa shape index (κ1) is 11.4. The van der Waals surface area contributed by atoms with Crippen molar-refractivity contribution in [2.75, 3.05) is 23.6 Å². The Kier molecular flexibility index (Phi) is 3.45. The highest BCUT2D eigenvalue weighted by Crippen LogP contribution is 2.15. The molecule has 0 spiro atoms. The van der Waals surface area contributed by atoms with E-state index in [1.807, 2.05) is 0 Å². The topological polar surface area (TPSA) is 84.2 Å². The zero-order valence-electron chi connectivity index (χ0n) is 8.85. The van der Waals surface area contributed by atoms with Crippen molar-refractivity contribution >= 4 is 15.8 Å². The molecule has 16 heavy (non-hydrogen) atoms. The fraction of sp³-hybridized carbons (Fsp3) is 0.667. The number of nitrogens with zero attached hydrogens (tertiary/aromatic N) is 1. The zero-order valence-corrected chi connectivity index (χ0v) is 9.66. The monoisotopic (exact) mass is 245 g/mol. The molecule has 0 amide bonds. The molecule has 2 heterocycles. The molecule has 0 saturated carbocycles. The second kappa shape index (κ2) is 4.84. The third kappa shape index (κ3) is 3.21. The van der Waals surface area contributed by atoms with Gasteiger partial charge in [-0.15, -0.1) is 0 Å². The zero-order chi connectivity index (χ0) is 11.4. The Morgan fingerprint density at radius 1 is 1.50 bits per heavy atom. The highest BCUT2D eigenvalue weighted by molar-refractivity contribution is 7.92. The second-order valence-corrected chi connectivity index (χ2v) is 5.73. The maximum atomic E-state index is 11.8. The Morgan fingerprint density at radius 3 is 2.88 bits per heavy atom. The molecular formula is C9H15N3O3S. The minimum Gasteiger partial charge on any atom is -0.363 e. The van der Waals surface area contributed by atoms with Crippen LogP contribution >= 0.6 is 0 Å². The molecule has 1 aliphatic rings. The van der Waals surface area contributed by atoms with Gasteiger partial charge in [-0.05, 0) is 31.8 Å². The van der Waals surface area contributed by atoms with Crippen molar-refractivity contribution in [1.82, 2.24) is 10.5 Å². The van der Waals surface area contributed by atoms with E-state index in [-0.39, 0.29) is 17.5 Å². The van der Waals surface area contributed by atoms with E-state index >= 15 is 0 Å². The maximum absolute atomic E-state index is 11.8. The summed E-state index contributed by atoms with van der Waals surface area (Å²) in [5.74, 6) is 0.626. The van der Waals surface area contributed by atoms with Gasteiger partial charge in [-0.25, -0.2) is 8.42 Å². The number of hydrogen-bond acceptors (Lipinski definition) is 5. The van der Waals surface area contributed by atoms with E-state index in [1.54, 1.807) is 0 Å². The standard InChI is InChI=1S/C9H15N3O3S/c13-16(14,12-9-3-6-15-11-9)7-8-1-4-10-5-2-8/h3,6,8,10H,1-2,4-5,7H2,(H,11,12). The lowest BCUT2D eigenvalue weighted by atomic mass is 10.0. The van der Waals surface area contributed by atoms with Gasteiger partial charge in [-0.3, -0.25) is 4.72 Å².